The minimum absolute atomic E-state index is 0.0422. The van der Waals surface area contributed by atoms with E-state index in [1.165, 1.54) is 0 Å². The molecule has 1 saturated heterocycles. The van der Waals surface area contributed by atoms with E-state index in [-0.39, 0.29) is 12.5 Å². The van der Waals surface area contributed by atoms with Gasteiger partial charge in [0.25, 0.3) is 0 Å². The summed E-state index contributed by atoms with van der Waals surface area (Å²) in [5, 5.41) is 11.5. The zero-order valence-corrected chi connectivity index (χ0v) is 8.12. The van der Waals surface area contributed by atoms with Crippen molar-refractivity contribution in [2.24, 2.45) is 5.92 Å². The Morgan fingerprint density at radius 1 is 1.69 bits per heavy atom. The first-order valence-electron chi connectivity index (χ1n) is 4.80. The van der Waals surface area contributed by atoms with Crippen LogP contribution in [0.15, 0.2) is 0 Å². The van der Waals surface area contributed by atoms with Crippen molar-refractivity contribution in [1.29, 1.82) is 0 Å². The highest BCUT2D eigenvalue weighted by atomic mass is 16.3. The van der Waals surface area contributed by atoms with Crippen LogP contribution in [0.1, 0.15) is 13.3 Å². The van der Waals surface area contributed by atoms with E-state index in [1.54, 1.807) is 6.92 Å². The first kappa shape index (κ1) is 10.5. The van der Waals surface area contributed by atoms with Gasteiger partial charge in [-0.3, -0.25) is 4.79 Å². The summed E-state index contributed by atoms with van der Waals surface area (Å²) in [6, 6.07) is 0. The molecule has 1 rings (SSSR count). The van der Waals surface area contributed by atoms with Crippen LogP contribution in [-0.4, -0.2) is 48.7 Å². The van der Waals surface area contributed by atoms with E-state index >= 15 is 0 Å². The summed E-state index contributed by atoms with van der Waals surface area (Å²) in [5.41, 5.74) is 0. The van der Waals surface area contributed by atoms with Gasteiger partial charge in [-0.2, -0.15) is 0 Å². The smallest absolute Gasteiger partial charge is 0.216 e. The van der Waals surface area contributed by atoms with Crippen molar-refractivity contribution >= 4 is 5.91 Å². The normalized spacial score (nSPS) is 23.4. The summed E-state index contributed by atoms with van der Waals surface area (Å²) in [7, 11) is 0. The minimum Gasteiger partial charge on any atom is -0.395 e. The Morgan fingerprint density at radius 2 is 2.46 bits per heavy atom. The Hall–Kier alpha value is -0.610. The lowest BCUT2D eigenvalue weighted by atomic mass is 10.1. The third-order valence-corrected chi connectivity index (χ3v) is 2.43. The predicted molar refractivity (Wildman–Crippen MR) is 50.3 cm³/mol. The van der Waals surface area contributed by atoms with E-state index in [1.807, 2.05) is 0 Å². The van der Waals surface area contributed by atoms with Crippen molar-refractivity contribution in [2.75, 3.05) is 32.8 Å². The number of carbonyl (C=O) groups is 1. The number of hydrogen-bond donors (Lipinski definition) is 2. The van der Waals surface area contributed by atoms with Gasteiger partial charge in [0, 0.05) is 26.6 Å². The number of carbonyl (C=O) groups excluding carboxylic acids is 1. The molecule has 0 bridgehead atoms. The molecule has 0 unspecified atom stereocenters. The van der Waals surface area contributed by atoms with Gasteiger partial charge in [0.1, 0.15) is 0 Å². The van der Waals surface area contributed by atoms with Crippen molar-refractivity contribution in [3.8, 4) is 0 Å². The Kier molecular flexibility index (Phi) is 4.18. The molecule has 0 aliphatic carbocycles. The molecule has 13 heavy (non-hydrogen) atoms. The maximum absolute atomic E-state index is 10.6. The van der Waals surface area contributed by atoms with Crippen LogP contribution in [0.3, 0.4) is 0 Å². The number of β-amino-alcohol motifs (C(OH)–C–C–N with tert-alkyl or cyclic N) is 1. The number of nitrogens with zero attached hydrogens (tertiary/aromatic N) is 1. The standard InChI is InChI=1S/C9H18N2O2/c1-8(13)10-6-9-2-3-11(7-9)4-5-12/h9,12H,2-7H2,1H3,(H,10,13)/t9-/m0/s1. The number of aliphatic hydroxyl groups excluding tert-OH is 1. The van der Waals surface area contributed by atoms with Crippen molar-refractivity contribution < 1.29 is 9.90 Å². The third kappa shape index (κ3) is 3.74. The molecule has 76 valence electrons. The molecule has 1 fully saturated rings. The van der Waals surface area contributed by atoms with Gasteiger partial charge in [-0.1, -0.05) is 0 Å². The monoisotopic (exact) mass is 186 g/mol. The van der Waals surface area contributed by atoms with Crippen LogP contribution in [0, 0.1) is 5.92 Å². The fourth-order valence-electron chi connectivity index (χ4n) is 1.71. The fourth-order valence-corrected chi connectivity index (χ4v) is 1.71. The van der Waals surface area contributed by atoms with Crippen LogP contribution < -0.4 is 5.32 Å². The number of likely N-dealkylation sites (tertiary alicyclic amines) is 1. The molecule has 4 heteroatoms. The predicted octanol–water partition coefficient (Wildman–Crippen LogP) is -0.563. The lowest BCUT2D eigenvalue weighted by Gasteiger charge is -2.14. The molecule has 1 atom stereocenters. The van der Waals surface area contributed by atoms with Crippen molar-refractivity contribution in [3.63, 3.8) is 0 Å². The minimum atomic E-state index is 0.0422. The van der Waals surface area contributed by atoms with Gasteiger partial charge >= 0.3 is 0 Å². The summed E-state index contributed by atoms with van der Waals surface area (Å²) >= 11 is 0. The number of rotatable bonds is 4. The molecular weight excluding hydrogens is 168 g/mol. The maximum atomic E-state index is 10.6. The van der Waals surface area contributed by atoms with Crippen molar-refractivity contribution in [2.45, 2.75) is 13.3 Å². The zero-order valence-electron chi connectivity index (χ0n) is 8.12. The second-order valence-corrected chi connectivity index (χ2v) is 3.62. The average Bonchev–Trinajstić information content (AvgIpc) is 2.50. The van der Waals surface area contributed by atoms with Crippen molar-refractivity contribution in [1.82, 2.24) is 10.2 Å². The highest BCUT2D eigenvalue weighted by Crippen LogP contribution is 2.14. The second-order valence-electron chi connectivity index (χ2n) is 3.62. The second kappa shape index (κ2) is 5.19. The Morgan fingerprint density at radius 3 is 3.08 bits per heavy atom. The first-order valence-corrected chi connectivity index (χ1v) is 4.80. The summed E-state index contributed by atoms with van der Waals surface area (Å²) < 4.78 is 0. The van der Waals surface area contributed by atoms with Crippen LogP contribution in [-0.2, 0) is 4.79 Å². The molecular formula is C9H18N2O2. The average molecular weight is 186 g/mol. The summed E-state index contributed by atoms with van der Waals surface area (Å²) in [6.07, 6.45) is 1.13. The summed E-state index contributed by atoms with van der Waals surface area (Å²) in [5.74, 6) is 0.607. The molecule has 0 saturated carbocycles. The first-order chi connectivity index (χ1) is 6.22. The SMILES string of the molecule is CC(=O)NC[C@@H]1CCN(CCO)C1. The van der Waals surface area contributed by atoms with Crippen LogP contribution in [0.4, 0.5) is 0 Å². The number of amides is 1. The Bertz CT molecular complexity index is 173. The van der Waals surface area contributed by atoms with Crippen molar-refractivity contribution in [3.05, 3.63) is 0 Å². The van der Waals surface area contributed by atoms with E-state index in [0.717, 1.165) is 32.6 Å². The highest BCUT2D eigenvalue weighted by molar-refractivity contribution is 5.72. The topological polar surface area (TPSA) is 52.6 Å². The Labute approximate surface area is 78.9 Å². The molecule has 1 aliphatic rings. The molecule has 2 N–H and O–H groups in total. The molecule has 0 aromatic carbocycles. The van der Waals surface area contributed by atoms with E-state index in [2.05, 4.69) is 10.2 Å². The van der Waals surface area contributed by atoms with E-state index < -0.39 is 0 Å². The van der Waals surface area contributed by atoms with E-state index in [0.29, 0.717) is 5.92 Å². The van der Waals surface area contributed by atoms with Crippen LogP contribution in [0.5, 0.6) is 0 Å². The van der Waals surface area contributed by atoms with Gasteiger partial charge in [-0.05, 0) is 18.9 Å². The van der Waals surface area contributed by atoms with Gasteiger partial charge in [-0.15, -0.1) is 0 Å². The van der Waals surface area contributed by atoms with Gasteiger partial charge in [0.05, 0.1) is 6.61 Å². The fraction of sp³-hybridized carbons (Fsp3) is 0.889. The van der Waals surface area contributed by atoms with Gasteiger partial charge < -0.3 is 15.3 Å². The molecule has 0 spiro atoms. The van der Waals surface area contributed by atoms with E-state index in [9.17, 15) is 4.79 Å². The van der Waals surface area contributed by atoms with Crippen LogP contribution in [0.25, 0.3) is 0 Å². The maximum Gasteiger partial charge on any atom is 0.216 e. The molecule has 1 amide bonds. The number of aliphatic hydroxyl groups is 1. The van der Waals surface area contributed by atoms with Gasteiger partial charge in [0.2, 0.25) is 5.91 Å². The molecule has 4 nitrogen and oxygen atoms in total. The third-order valence-electron chi connectivity index (χ3n) is 2.43. The number of nitrogens with one attached hydrogen (secondary N) is 1. The molecule has 0 radical (unpaired) electrons. The molecule has 1 aliphatic heterocycles. The molecule has 1 heterocycles. The highest BCUT2D eigenvalue weighted by Gasteiger charge is 2.21. The summed E-state index contributed by atoms with van der Waals surface area (Å²) in [6.45, 7) is 5.35. The van der Waals surface area contributed by atoms with Gasteiger partial charge in [-0.25, -0.2) is 0 Å². The van der Waals surface area contributed by atoms with Gasteiger partial charge in [0.15, 0.2) is 0 Å². The summed E-state index contributed by atoms with van der Waals surface area (Å²) in [4.78, 5) is 12.9. The molecule has 0 aromatic heterocycles. The quantitative estimate of drug-likeness (QED) is 0.618. The van der Waals surface area contributed by atoms with Crippen LogP contribution in [0.2, 0.25) is 0 Å². The van der Waals surface area contributed by atoms with Crippen LogP contribution >= 0.6 is 0 Å². The lowest BCUT2D eigenvalue weighted by molar-refractivity contribution is -0.119. The zero-order chi connectivity index (χ0) is 9.68. The van der Waals surface area contributed by atoms with E-state index in [4.69, 9.17) is 5.11 Å². The molecule has 0 aromatic rings. The Balaban J connectivity index is 2.13. The largest absolute Gasteiger partial charge is 0.395 e. The number of hydrogen-bond acceptors (Lipinski definition) is 3. The lowest BCUT2D eigenvalue weighted by Crippen LogP contribution is -2.30.